The van der Waals surface area contributed by atoms with Gasteiger partial charge in [0.05, 0.1) is 0 Å². The molecule has 0 aromatic heterocycles. The minimum atomic E-state index is -0.209. The topological polar surface area (TPSA) is 16.2 Å². The Bertz CT molecular complexity index is 7260. The number of rotatable bonds is 13. The summed E-state index contributed by atoms with van der Waals surface area (Å²) >= 11 is -0.209. The van der Waals surface area contributed by atoms with Crippen molar-refractivity contribution in [2.45, 2.75) is 0 Å². The SMILES string of the molecule is c1ccc(-c2c3ccccc3c(-c3ccc(N4c5ccccc5B5c6cc7c(cc6[Se]c6cc(N(c8ccccc8)c8ccccc8)cc4c65)N(c4ccccc4)c4cc(N(c5ccccc5)c5ccccc5)cc5c4B7c4ccccc4N5c4ccc(-c5c6ccccc6c(-c6ccccc6)c6ccccc56)cc4)cc3)c3ccccc23)cc1. The Balaban J connectivity index is 0.720. The van der Waals surface area contributed by atoms with E-state index in [-0.39, 0.29) is 28.4 Å². The van der Waals surface area contributed by atoms with Crippen LogP contribution in [0.25, 0.3) is 87.6 Å². The third-order valence-corrected chi connectivity index (χ3v) is 27.5. The number of fused-ring (bicyclic) bond motifs is 12. The third kappa shape index (κ3) is 11.1. The van der Waals surface area contributed by atoms with E-state index in [0.29, 0.717) is 0 Å². The van der Waals surface area contributed by atoms with Gasteiger partial charge >= 0.3 is 545 Å². The van der Waals surface area contributed by atoms with Crippen LogP contribution in [0, 0.1) is 0 Å². The van der Waals surface area contributed by atoms with Gasteiger partial charge in [-0.3, -0.25) is 0 Å². The van der Waals surface area contributed by atoms with Gasteiger partial charge < -0.3 is 0 Å². The first-order valence-electron chi connectivity index (χ1n) is 41.4. The van der Waals surface area contributed by atoms with Crippen LogP contribution in [0.4, 0.5) is 85.3 Å². The summed E-state index contributed by atoms with van der Waals surface area (Å²) in [5.41, 5.74) is 34.3. The van der Waals surface area contributed by atoms with Crippen molar-refractivity contribution in [3.8, 4) is 44.5 Å². The molecule has 0 saturated carbocycles. The molecule has 20 aromatic rings. The van der Waals surface area contributed by atoms with E-state index >= 15 is 0 Å². The standard InChI is InChI=1S/C112H73B2N5Se/c1-8-34-74(35-9-1)107-87-48-22-26-52-91(87)109(92-53-27-23-49-88(92)107)76-60-64-83(65-61-76)117-99-58-32-30-56-95(99)113-97-72-98-105(73-101(97)119(82-46-20-7-21-47-82)103-69-85(68-102(117)111(103)113)115(78-38-12-3-13-39-78)79-40-14-4-15-41-79)120-106-71-86(116(80-42-16-5-17-43-80)81-44-18-6-19-45-81)70-104-112(106)114(98)96-57-31-33-59-100(96)118(104)84-66-62-77(63-67-84)110-93-54-28-24-50-89(93)108(75-36-10-2-11-37-75)90-51-25-29-55-94(90)110/h1-73H. The molecule has 8 heteroatoms. The normalized spacial score (nSPS) is 12.7. The molecule has 558 valence electrons. The van der Waals surface area contributed by atoms with Crippen LogP contribution in [0.1, 0.15) is 0 Å². The molecule has 4 aliphatic rings. The van der Waals surface area contributed by atoms with Crippen LogP contribution in [0.2, 0.25) is 0 Å². The second-order valence-corrected chi connectivity index (χ2v) is 33.9. The molecule has 4 heterocycles. The quantitative estimate of drug-likeness (QED) is 0.0842. The van der Waals surface area contributed by atoms with Crippen molar-refractivity contribution in [2.75, 3.05) is 24.5 Å². The summed E-state index contributed by atoms with van der Waals surface area (Å²) in [4.78, 5) is 12.7. The van der Waals surface area contributed by atoms with Gasteiger partial charge in [0, 0.05) is 0 Å². The van der Waals surface area contributed by atoms with Crippen molar-refractivity contribution in [1.82, 2.24) is 0 Å². The van der Waals surface area contributed by atoms with E-state index in [9.17, 15) is 0 Å². The van der Waals surface area contributed by atoms with Crippen molar-refractivity contribution in [3.05, 3.63) is 443 Å². The predicted molar refractivity (Wildman–Crippen MR) is 512 cm³/mol. The van der Waals surface area contributed by atoms with Crippen molar-refractivity contribution in [2.24, 2.45) is 0 Å². The zero-order valence-corrected chi connectivity index (χ0v) is 67.2. The summed E-state index contributed by atoms with van der Waals surface area (Å²) in [5, 5.41) is 9.89. The molecule has 0 amide bonds. The number of nitrogens with zero attached hydrogens (tertiary/aromatic N) is 5. The Kier molecular flexibility index (Phi) is 16.5. The molecule has 0 radical (unpaired) electrons. The second kappa shape index (κ2) is 28.5. The van der Waals surface area contributed by atoms with E-state index in [1.165, 1.54) is 146 Å². The minimum Gasteiger partial charge on any atom is -0.0617 e. The van der Waals surface area contributed by atoms with Crippen molar-refractivity contribution < 1.29 is 0 Å². The Morgan fingerprint density at radius 2 is 0.467 bits per heavy atom. The average molecular weight is 1590 g/mol. The fourth-order valence-electron chi connectivity index (χ4n) is 20.2. The summed E-state index contributed by atoms with van der Waals surface area (Å²) in [5.74, 6) is 0. The van der Waals surface area contributed by atoms with Gasteiger partial charge in [-0.1, -0.05) is 121 Å². The van der Waals surface area contributed by atoms with Gasteiger partial charge in [-0.15, -0.1) is 0 Å². The first-order valence-corrected chi connectivity index (χ1v) is 43.2. The molecular formula is C112H73B2N5Se. The maximum atomic E-state index is 2.69. The fraction of sp³-hybridized carbons (Fsp3) is 0. The van der Waals surface area contributed by atoms with Gasteiger partial charge in [0.15, 0.2) is 0 Å². The van der Waals surface area contributed by atoms with Crippen LogP contribution >= 0.6 is 0 Å². The van der Waals surface area contributed by atoms with Crippen LogP contribution in [-0.4, -0.2) is 28.4 Å². The molecule has 24 rings (SSSR count). The molecule has 0 unspecified atom stereocenters. The van der Waals surface area contributed by atoms with E-state index < -0.39 is 0 Å². The number of benzene rings is 20. The Hall–Kier alpha value is -14.9. The zero-order chi connectivity index (χ0) is 78.9. The van der Waals surface area contributed by atoms with E-state index in [0.717, 1.165) is 68.2 Å². The van der Waals surface area contributed by atoms with Crippen LogP contribution in [-0.2, 0) is 0 Å². The molecule has 5 nitrogen and oxygen atoms in total. The molecular weight excluding hydrogens is 1520 g/mol. The van der Waals surface area contributed by atoms with Gasteiger partial charge in [-0.25, -0.2) is 0 Å². The molecule has 20 aromatic carbocycles. The van der Waals surface area contributed by atoms with Gasteiger partial charge in [-0.2, -0.15) is 0 Å². The first-order chi connectivity index (χ1) is 59.6. The first kappa shape index (κ1) is 69.4. The van der Waals surface area contributed by atoms with Crippen molar-refractivity contribution >= 4 is 198 Å². The van der Waals surface area contributed by atoms with Gasteiger partial charge in [0.1, 0.15) is 0 Å². The van der Waals surface area contributed by atoms with Crippen molar-refractivity contribution in [3.63, 3.8) is 0 Å². The Labute approximate surface area is 705 Å². The van der Waals surface area contributed by atoms with Crippen LogP contribution < -0.4 is 66.2 Å². The number of hydrogen-bond donors (Lipinski definition) is 0. The van der Waals surface area contributed by atoms with Crippen molar-refractivity contribution in [1.29, 1.82) is 0 Å². The summed E-state index contributed by atoms with van der Waals surface area (Å²) in [6.45, 7) is -0.303. The van der Waals surface area contributed by atoms with E-state index in [2.05, 4.69) is 467 Å². The van der Waals surface area contributed by atoms with Gasteiger partial charge in [-0.05, 0) is 43.8 Å². The van der Waals surface area contributed by atoms with E-state index in [4.69, 9.17) is 0 Å². The van der Waals surface area contributed by atoms with Crippen LogP contribution in [0.3, 0.4) is 0 Å². The molecule has 0 saturated heterocycles. The maximum absolute atomic E-state index is 2.69. The summed E-state index contributed by atoms with van der Waals surface area (Å²) in [7, 11) is 0. The molecule has 0 N–H and O–H groups in total. The van der Waals surface area contributed by atoms with Gasteiger partial charge in [0.2, 0.25) is 0 Å². The fourth-order valence-corrected chi connectivity index (χ4v) is 22.8. The van der Waals surface area contributed by atoms with Gasteiger partial charge in [0.25, 0.3) is 0 Å². The predicted octanol–water partition coefficient (Wildman–Crippen LogP) is 24.3. The smallest absolute Gasteiger partial charge is 0.0543 e. The third-order valence-electron chi connectivity index (χ3n) is 25.2. The van der Waals surface area contributed by atoms with Crippen LogP contribution in [0.5, 0.6) is 0 Å². The molecule has 120 heavy (non-hydrogen) atoms. The molecule has 0 fully saturated rings. The molecule has 0 atom stereocenters. The summed E-state index contributed by atoms with van der Waals surface area (Å²) in [6, 6.07) is 166. The largest absolute Gasteiger partial charge is 0.0617 e. The Morgan fingerprint density at radius 3 is 0.842 bits per heavy atom. The summed E-state index contributed by atoms with van der Waals surface area (Å²) in [6.07, 6.45) is 0. The number of anilines is 15. The number of hydrogen-bond acceptors (Lipinski definition) is 5. The Morgan fingerprint density at radius 1 is 0.183 bits per heavy atom. The molecule has 0 spiro atoms. The molecule has 4 aliphatic heterocycles. The zero-order valence-electron chi connectivity index (χ0n) is 65.4. The van der Waals surface area contributed by atoms with E-state index in [1.807, 2.05) is 0 Å². The molecule has 0 bridgehead atoms. The number of para-hydroxylation sites is 7. The van der Waals surface area contributed by atoms with Crippen LogP contribution in [0.15, 0.2) is 443 Å². The summed E-state index contributed by atoms with van der Waals surface area (Å²) < 4.78 is 2.73. The molecule has 0 aliphatic carbocycles. The minimum absolute atomic E-state index is 0.120. The monoisotopic (exact) mass is 1590 g/mol. The maximum Gasteiger partial charge on any atom is -0.0543 e. The van der Waals surface area contributed by atoms with E-state index in [1.54, 1.807) is 0 Å². The average Bonchev–Trinajstić information content (AvgIpc) is 0.684. The second-order valence-electron chi connectivity index (χ2n) is 31.7.